The van der Waals surface area contributed by atoms with Crippen LogP contribution in [-0.2, 0) is 9.47 Å². The highest BCUT2D eigenvalue weighted by Gasteiger charge is 2.08. The van der Waals surface area contributed by atoms with Gasteiger partial charge < -0.3 is 9.47 Å². The number of nitrogens with one attached hydrogen (secondary N) is 2. The summed E-state index contributed by atoms with van der Waals surface area (Å²) in [6.07, 6.45) is -1.51. The van der Waals surface area contributed by atoms with E-state index >= 15 is 0 Å². The van der Waals surface area contributed by atoms with E-state index in [1.54, 1.807) is 17.8 Å². The van der Waals surface area contributed by atoms with Gasteiger partial charge in [0.05, 0.1) is 6.61 Å². The van der Waals surface area contributed by atoms with Crippen molar-refractivity contribution in [3.8, 4) is 0 Å². The third kappa shape index (κ3) is 6.03. The topological polar surface area (TPSA) is 129 Å². The second-order valence-electron chi connectivity index (χ2n) is 2.43. The lowest BCUT2D eigenvalue weighted by Gasteiger charge is -2.12. The number of hydrazine groups is 2. The largest absolute Gasteiger partial charge is 0.448 e. The second-order valence-corrected chi connectivity index (χ2v) is 2.43. The molecule has 0 radical (unpaired) electrons. The third-order valence-electron chi connectivity index (χ3n) is 1.30. The maximum absolute atomic E-state index is 10.6. The summed E-state index contributed by atoms with van der Waals surface area (Å²) in [7, 11) is 0. The summed E-state index contributed by atoms with van der Waals surface area (Å²) in [4.78, 5) is 21.1. The molecule has 0 saturated carbocycles. The third-order valence-corrected chi connectivity index (χ3v) is 1.30. The molecule has 0 saturated heterocycles. The molecule has 8 heteroatoms. The van der Waals surface area contributed by atoms with E-state index < -0.39 is 18.3 Å². The van der Waals surface area contributed by atoms with Gasteiger partial charge in [-0.05, 0) is 6.92 Å². The molecule has 0 aromatic carbocycles. The van der Waals surface area contributed by atoms with Crippen molar-refractivity contribution in [2.24, 2.45) is 11.7 Å². The van der Waals surface area contributed by atoms with Crippen molar-refractivity contribution in [3.63, 3.8) is 0 Å². The van der Waals surface area contributed by atoms with E-state index in [0.29, 0.717) is 6.42 Å². The Morgan fingerprint density at radius 2 is 1.86 bits per heavy atom. The van der Waals surface area contributed by atoms with Gasteiger partial charge in [-0.2, -0.15) is 0 Å². The van der Waals surface area contributed by atoms with Crippen molar-refractivity contribution in [1.82, 2.24) is 10.9 Å². The molecular formula is C6H14N4O4. The Morgan fingerprint density at radius 3 is 2.36 bits per heavy atom. The van der Waals surface area contributed by atoms with Crippen LogP contribution in [0, 0.1) is 0 Å². The maximum atomic E-state index is 10.6. The standard InChI is InChI=1S/C6H14N4O4/c1-4(14-6(12)10-8)2-3-13-5(11)9-7/h4H,2-3,7-8H2,1H3,(H,9,11)(H,10,12). The van der Waals surface area contributed by atoms with Crippen molar-refractivity contribution >= 4 is 12.2 Å². The van der Waals surface area contributed by atoms with Crippen molar-refractivity contribution < 1.29 is 19.1 Å². The van der Waals surface area contributed by atoms with Gasteiger partial charge in [-0.25, -0.2) is 21.3 Å². The lowest BCUT2D eigenvalue weighted by molar-refractivity contribution is 0.0819. The Balaban J connectivity index is 3.49. The van der Waals surface area contributed by atoms with Gasteiger partial charge in [0.2, 0.25) is 0 Å². The van der Waals surface area contributed by atoms with E-state index in [0.717, 1.165) is 0 Å². The Bertz CT molecular complexity index is 198. The molecule has 82 valence electrons. The van der Waals surface area contributed by atoms with Crippen LogP contribution in [0.4, 0.5) is 9.59 Å². The monoisotopic (exact) mass is 206 g/mol. The maximum Gasteiger partial charge on any atom is 0.421 e. The van der Waals surface area contributed by atoms with Crippen LogP contribution >= 0.6 is 0 Å². The molecule has 0 rings (SSSR count). The van der Waals surface area contributed by atoms with Gasteiger partial charge in [0, 0.05) is 6.42 Å². The number of ether oxygens (including phenoxy) is 2. The molecule has 0 fully saturated rings. The Labute approximate surface area is 80.8 Å². The summed E-state index contributed by atoms with van der Waals surface area (Å²) >= 11 is 0. The fraction of sp³-hybridized carbons (Fsp3) is 0.667. The normalized spacial score (nSPS) is 11.4. The van der Waals surface area contributed by atoms with Crippen LogP contribution in [0.3, 0.4) is 0 Å². The minimum absolute atomic E-state index is 0.0993. The van der Waals surface area contributed by atoms with Crippen LogP contribution in [0.2, 0.25) is 0 Å². The molecule has 0 spiro atoms. The molecule has 0 aliphatic heterocycles. The van der Waals surface area contributed by atoms with Gasteiger partial charge in [0.15, 0.2) is 0 Å². The summed E-state index contributed by atoms with van der Waals surface area (Å²) < 4.78 is 9.26. The van der Waals surface area contributed by atoms with E-state index in [-0.39, 0.29) is 6.61 Å². The zero-order chi connectivity index (χ0) is 11.0. The molecule has 0 bridgehead atoms. The summed E-state index contributed by atoms with van der Waals surface area (Å²) in [5.41, 5.74) is 3.59. The van der Waals surface area contributed by atoms with Gasteiger partial charge in [0.25, 0.3) is 0 Å². The molecule has 6 N–H and O–H groups in total. The fourth-order valence-electron chi connectivity index (χ4n) is 0.635. The van der Waals surface area contributed by atoms with Crippen molar-refractivity contribution in [2.75, 3.05) is 6.61 Å². The highest BCUT2D eigenvalue weighted by molar-refractivity contribution is 5.66. The van der Waals surface area contributed by atoms with E-state index in [4.69, 9.17) is 16.4 Å². The number of carbonyl (C=O) groups is 2. The minimum atomic E-state index is -0.736. The van der Waals surface area contributed by atoms with E-state index in [1.165, 1.54) is 0 Å². The van der Waals surface area contributed by atoms with E-state index in [9.17, 15) is 9.59 Å². The molecule has 0 aromatic rings. The molecule has 0 aliphatic carbocycles. The smallest absolute Gasteiger partial charge is 0.421 e. The van der Waals surface area contributed by atoms with Gasteiger partial charge in [-0.3, -0.25) is 10.9 Å². The molecular weight excluding hydrogens is 192 g/mol. The Morgan fingerprint density at radius 1 is 1.29 bits per heavy atom. The average molecular weight is 206 g/mol. The first-order chi connectivity index (χ1) is 6.60. The average Bonchev–Trinajstić information content (AvgIpc) is 2.17. The highest BCUT2D eigenvalue weighted by Crippen LogP contribution is 1.97. The number of nitrogens with two attached hydrogens (primary N) is 2. The SMILES string of the molecule is CC(CCOC(=O)NN)OC(=O)NN. The van der Waals surface area contributed by atoms with Crippen LogP contribution in [-0.4, -0.2) is 24.9 Å². The minimum Gasteiger partial charge on any atom is -0.448 e. The first kappa shape index (κ1) is 12.5. The molecule has 14 heavy (non-hydrogen) atoms. The number of amides is 2. The van der Waals surface area contributed by atoms with Gasteiger partial charge in [0.1, 0.15) is 6.10 Å². The zero-order valence-electron chi connectivity index (χ0n) is 7.78. The van der Waals surface area contributed by atoms with E-state index in [2.05, 4.69) is 4.74 Å². The quantitative estimate of drug-likeness (QED) is 0.264. The number of carbonyl (C=O) groups excluding carboxylic acids is 2. The first-order valence-electron chi connectivity index (χ1n) is 3.90. The second kappa shape index (κ2) is 6.92. The molecule has 2 amide bonds. The summed E-state index contributed by atoms with van der Waals surface area (Å²) in [5, 5.41) is 0. The summed E-state index contributed by atoms with van der Waals surface area (Å²) in [5.74, 6) is 9.54. The molecule has 8 nitrogen and oxygen atoms in total. The van der Waals surface area contributed by atoms with Crippen LogP contribution < -0.4 is 22.5 Å². The Kier molecular flexibility index (Phi) is 6.16. The summed E-state index contributed by atoms with van der Waals surface area (Å²) in [6, 6.07) is 0. The number of rotatable bonds is 4. The first-order valence-corrected chi connectivity index (χ1v) is 3.90. The predicted molar refractivity (Wildman–Crippen MR) is 46.6 cm³/mol. The van der Waals surface area contributed by atoms with Crippen molar-refractivity contribution in [1.29, 1.82) is 0 Å². The van der Waals surface area contributed by atoms with Gasteiger partial charge >= 0.3 is 12.2 Å². The predicted octanol–water partition coefficient (Wildman–Crippen LogP) is -1.04. The van der Waals surface area contributed by atoms with Crippen LogP contribution in [0.1, 0.15) is 13.3 Å². The molecule has 0 aromatic heterocycles. The number of hydrogen-bond donors (Lipinski definition) is 4. The van der Waals surface area contributed by atoms with Crippen LogP contribution in [0.15, 0.2) is 0 Å². The molecule has 0 aliphatic rings. The molecule has 0 heterocycles. The molecule has 1 unspecified atom stereocenters. The van der Waals surface area contributed by atoms with E-state index in [1.807, 2.05) is 0 Å². The van der Waals surface area contributed by atoms with Gasteiger partial charge in [-0.15, -0.1) is 0 Å². The summed E-state index contributed by atoms with van der Waals surface area (Å²) in [6.45, 7) is 1.74. The Hall–Kier alpha value is -1.54. The van der Waals surface area contributed by atoms with Crippen molar-refractivity contribution in [2.45, 2.75) is 19.4 Å². The lowest BCUT2D eigenvalue weighted by atomic mass is 10.3. The fourth-order valence-corrected chi connectivity index (χ4v) is 0.635. The van der Waals surface area contributed by atoms with Gasteiger partial charge in [-0.1, -0.05) is 0 Å². The van der Waals surface area contributed by atoms with Crippen LogP contribution in [0.5, 0.6) is 0 Å². The lowest BCUT2D eigenvalue weighted by Crippen LogP contribution is -2.34. The number of hydrogen-bond acceptors (Lipinski definition) is 6. The zero-order valence-corrected chi connectivity index (χ0v) is 7.78. The molecule has 1 atom stereocenters. The van der Waals surface area contributed by atoms with Crippen molar-refractivity contribution in [3.05, 3.63) is 0 Å². The highest BCUT2D eigenvalue weighted by atomic mass is 16.6. The van der Waals surface area contributed by atoms with Crippen LogP contribution in [0.25, 0.3) is 0 Å².